The average Bonchev–Trinajstić information content (AvgIpc) is 2.99. The van der Waals surface area contributed by atoms with E-state index in [-0.39, 0.29) is 23.3 Å². The van der Waals surface area contributed by atoms with Gasteiger partial charge in [0.05, 0.1) is 0 Å². The van der Waals surface area contributed by atoms with Gasteiger partial charge in [-0.1, -0.05) is 41.9 Å². The maximum Gasteiger partial charge on any atom is 0.407 e. The van der Waals surface area contributed by atoms with Crippen LogP contribution in [0.4, 0.5) is 4.79 Å². The minimum absolute atomic E-state index is 0.00584. The Morgan fingerprint density at radius 3 is 2.52 bits per heavy atom. The lowest BCUT2D eigenvalue weighted by Crippen LogP contribution is -2.40. The van der Waals surface area contributed by atoms with Crippen molar-refractivity contribution in [3.63, 3.8) is 0 Å². The number of nitrogens with one attached hydrogen (secondary N) is 2. The van der Waals surface area contributed by atoms with Gasteiger partial charge in [-0.2, -0.15) is 0 Å². The number of alkyl carbamates (subject to hydrolysis) is 1. The molecule has 1 fully saturated rings. The first kappa shape index (κ1) is 21.7. The molecule has 27 heavy (non-hydrogen) atoms. The molecule has 0 saturated heterocycles. The van der Waals surface area contributed by atoms with Crippen LogP contribution in [0.5, 0.6) is 0 Å². The van der Waals surface area contributed by atoms with E-state index in [0.29, 0.717) is 13.0 Å². The van der Waals surface area contributed by atoms with Crippen molar-refractivity contribution in [2.45, 2.75) is 70.9 Å². The van der Waals surface area contributed by atoms with E-state index in [0.717, 1.165) is 17.3 Å². The average molecular weight is 439 g/mol. The number of carbonyl (C=O) groups excluding carboxylic acids is 2. The lowest BCUT2D eigenvalue weighted by Gasteiger charge is -2.26. The Bertz CT molecular complexity index is 682. The molecule has 2 atom stereocenters. The van der Waals surface area contributed by atoms with E-state index < -0.39 is 11.7 Å². The molecule has 0 spiro atoms. The maximum absolute atomic E-state index is 12.6. The number of hydrogen-bond donors (Lipinski definition) is 2. The van der Waals surface area contributed by atoms with Crippen molar-refractivity contribution in [3.8, 4) is 0 Å². The molecule has 6 heteroatoms. The molecular weight excluding hydrogens is 408 g/mol. The number of carbonyl (C=O) groups is 2. The van der Waals surface area contributed by atoms with Crippen LogP contribution in [-0.2, 0) is 14.9 Å². The summed E-state index contributed by atoms with van der Waals surface area (Å²) in [4.78, 5) is 24.5. The Morgan fingerprint density at radius 2 is 1.89 bits per heavy atom. The van der Waals surface area contributed by atoms with Gasteiger partial charge in [-0.05, 0) is 57.7 Å². The third-order valence-corrected chi connectivity index (χ3v) is 5.33. The van der Waals surface area contributed by atoms with Crippen LogP contribution in [0.1, 0.15) is 59.4 Å². The fourth-order valence-corrected chi connectivity index (χ4v) is 3.69. The zero-order valence-corrected chi connectivity index (χ0v) is 18.5. The molecule has 0 unspecified atom stereocenters. The minimum atomic E-state index is -0.516. The number of ether oxygens (including phenoxy) is 1. The summed E-state index contributed by atoms with van der Waals surface area (Å²) in [6, 6.07) is 8.16. The van der Waals surface area contributed by atoms with E-state index >= 15 is 0 Å². The lowest BCUT2D eigenvalue weighted by molar-refractivity contribution is -0.125. The minimum Gasteiger partial charge on any atom is -0.444 e. The second kappa shape index (κ2) is 8.63. The van der Waals surface area contributed by atoms with E-state index in [1.165, 1.54) is 5.56 Å². The van der Waals surface area contributed by atoms with Crippen LogP contribution in [0.15, 0.2) is 28.7 Å². The van der Waals surface area contributed by atoms with Crippen LogP contribution in [0.25, 0.3) is 0 Å². The summed E-state index contributed by atoms with van der Waals surface area (Å²) in [5, 5.41) is 5.98. The highest BCUT2D eigenvalue weighted by Crippen LogP contribution is 2.28. The maximum atomic E-state index is 12.6. The van der Waals surface area contributed by atoms with Gasteiger partial charge < -0.3 is 15.4 Å². The van der Waals surface area contributed by atoms with Crippen LogP contribution in [-0.4, -0.2) is 30.2 Å². The largest absolute Gasteiger partial charge is 0.444 e. The van der Waals surface area contributed by atoms with Gasteiger partial charge in [0.1, 0.15) is 5.60 Å². The molecule has 2 rings (SSSR count). The summed E-state index contributed by atoms with van der Waals surface area (Å²) < 4.78 is 6.33. The summed E-state index contributed by atoms with van der Waals surface area (Å²) in [5.74, 6) is -0.00481. The number of benzene rings is 1. The lowest BCUT2D eigenvalue weighted by atomic mass is 9.84. The summed E-state index contributed by atoms with van der Waals surface area (Å²) in [7, 11) is 0. The van der Waals surface area contributed by atoms with Crippen molar-refractivity contribution in [1.29, 1.82) is 0 Å². The second-order valence-electron chi connectivity index (χ2n) is 8.97. The highest BCUT2D eigenvalue weighted by atomic mass is 79.9. The Kier molecular flexibility index (Phi) is 6.95. The van der Waals surface area contributed by atoms with E-state index in [2.05, 4.69) is 52.5 Å². The highest BCUT2D eigenvalue weighted by molar-refractivity contribution is 9.10. The van der Waals surface area contributed by atoms with Gasteiger partial charge in [0.2, 0.25) is 5.91 Å². The quantitative estimate of drug-likeness (QED) is 0.708. The molecule has 5 nitrogen and oxygen atoms in total. The molecule has 1 saturated carbocycles. The molecule has 150 valence electrons. The number of hydrogen-bond acceptors (Lipinski definition) is 3. The molecule has 0 heterocycles. The van der Waals surface area contributed by atoms with Crippen molar-refractivity contribution >= 4 is 27.9 Å². The van der Waals surface area contributed by atoms with E-state index in [9.17, 15) is 9.59 Å². The number of rotatable bonds is 5. The molecule has 0 aliphatic heterocycles. The third kappa shape index (κ3) is 6.83. The van der Waals surface area contributed by atoms with Crippen LogP contribution in [0.2, 0.25) is 0 Å². The molecule has 1 aromatic carbocycles. The molecule has 1 aliphatic carbocycles. The molecule has 2 amide bonds. The van der Waals surface area contributed by atoms with Gasteiger partial charge in [-0.15, -0.1) is 0 Å². The molecule has 0 bridgehead atoms. The normalized spacial score (nSPS) is 20.2. The van der Waals surface area contributed by atoms with Crippen molar-refractivity contribution < 1.29 is 14.3 Å². The highest BCUT2D eigenvalue weighted by Gasteiger charge is 2.32. The van der Waals surface area contributed by atoms with Gasteiger partial charge in [-0.25, -0.2) is 4.79 Å². The topological polar surface area (TPSA) is 67.4 Å². The van der Waals surface area contributed by atoms with Crippen LogP contribution < -0.4 is 10.6 Å². The molecule has 1 aromatic rings. The monoisotopic (exact) mass is 438 g/mol. The number of amides is 2. The van der Waals surface area contributed by atoms with Crippen molar-refractivity contribution in [3.05, 3.63) is 34.3 Å². The van der Waals surface area contributed by atoms with Gasteiger partial charge in [0, 0.05) is 28.4 Å². The predicted octanol–water partition coefficient (Wildman–Crippen LogP) is 4.54. The molecule has 1 aliphatic rings. The van der Waals surface area contributed by atoms with E-state index in [1.54, 1.807) is 0 Å². The number of halogens is 1. The van der Waals surface area contributed by atoms with Gasteiger partial charge in [-0.3, -0.25) is 4.79 Å². The first-order valence-electron chi connectivity index (χ1n) is 9.49. The van der Waals surface area contributed by atoms with Gasteiger partial charge in [0.25, 0.3) is 0 Å². The predicted molar refractivity (Wildman–Crippen MR) is 111 cm³/mol. The van der Waals surface area contributed by atoms with Crippen molar-refractivity contribution in [2.75, 3.05) is 6.54 Å². The fraction of sp³-hybridized carbons (Fsp3) is 0.619. The Hall–Kier alpha value is -1.56. The van der Waals surface area contributed by atoms with Crippen LogP contribution in [0, 0.1) is 5.92 Å². The Morgan fingerprint density at radius 1 is 1.19 bits per heavy atom. The van der Waals surface area contributed by atoms with Gasteiger partial charge in [0.15, 0.2) is 0 Å². The van der Waals surface area contributed by atoms with Crippen LogP contribution >= 0.6 is 15.9 Å². The van der Waals surface area contributed by atoms with Crippen molar-refractivity contribution in [2.24, 2.45) is 5.92 Å². The summed E-state index contributed by atoms with van der Waals surface area (Å²) in [6.07, 6.45) is 1.82. The standard InChI is InChI=1S/C21H31BrN2O3/c1-20(2,3)27-19(26)24-17-10-9-14(11-17)18(25)23-13-21(4,5)15-7-6-8-16(22)12-15/h6-8,12,14,17H,9-11,13H2,1-5H3,(H,23,25)(H,24,26)/t14-,17-/m0/s1. The van der Waals surface area contributed by atoms with Crippen molar-refractivity contribution in [1.82, 2.24) is 10.6 Å². The smallest absolute Gasteiger partial charge is 0.407 e. The van der Waals surface area contributed by atoms with Gasteiger partial charge >= 0.3 is 6.09 Å². The first-order valence-corrected chi connectivity index (χ1v) is 10.3. The zero-order valence-electron chi connectivity index (χ0n) is 16.9. The first-order chi connectivity index (χ1) is 12.5. The second-order valence-corrected chi connectivity index (χ2v) is 9.88. The Labute approximate surface area is 170 Å². The SMILES string of the molecule is CC(C)(C)OC(=O)N[C@H]1CC[C@H](C(=O)NCC(C)(C)c2cccc(Br)c2)C1. The molecule has 0 radical (unpaired) electrons. The summed E-state index contributed by atoms with van der Waals surface area (Å²) in [5.41, 5.74) is 0.497. The third-order valence-electron chi connectivity index (χ3n) is 4.83. The van der Waals surface area contributed by atoms with Crippen LogP contribution in [0.3, 0.4) is 0 Å². The van der Waals surface area contributed by atoms with E-state index in [1.807, 2.05) is 32.9 Å². The summed E-state index contributed by atoms with van der Waals surface area (Å²) in [6.45, 7) is 10.3. The Balaban J connectivity index is 1.82. The molecular formula is C21H31BrN2O3. The molecule has 2 N–H and O–H groups in total. The van der Waals surface area contributed by atoms with E-state index in [4.69, 9.17) is 4.74 Å². The fourth-order valence-electron chi connectivity index (χ4n) is 3.29. The molecule has 0 aromatic heterocycles. The zero-order chi connectivity index (χ0) is 20.2. The summed E-state index contributed by atoms with van der Waals surface area (Å²) >= 11 is 3.50.